The molecule has 218 valence electrons. The van der Waals surface area contributed by atoms with Gasteiger partial charge in [-0.15, -0.1) is 21.5 Å². The summed E-state index contributed by atoms with van der Waals surface area (Å²) >= 11 is 3.02. The molecule has 1 fully saturated rings. The topological polar surface area (TPSA) is 89.3 Å². The zero-order chi connectivity index (χ0) is 29.4. The maximum atomic E-state index is 13.2. The van der Waals surface area contributed by atoms with E-state index in [1.165, 1.54) is 28.7 Å². The largest absolute Gasteiger partial charge is 0.495 e. The molecule has 1 amide bonds. The molecule has 0 radical (unpaired) electrons. The zero-order valence-electron chi connectivity index (χ0n) is 23.7. The number of piperazine rings is 1. The first-order valence-corrected chi connectivity index (χ1v) is 15.9. The summed E-state index contributed by atoms with van der Waals surface area (Å²) in [6, 6.07) is 21.9. The number of thiazole rings is 1. The Morgan fingerprint density at radius 2 is 1.74 bits per heavy atom. The molecular formula is C32H31N7O2S2. The van der Waals surface area contributed by atoms with Crippen molar-refractivity contribution in [3.05, 3.63) is 107 Å². The number of hydrogen-bond acceptors (Lipinski definition) is 9. The summed E-state index contributed by atoms with van der Waals surface area (Å²) in [5.41, 5.74) is 3.44. The van der Waals surface area contributed by atoms with Gasteiger partial charge in [-0.25, -0.2) is 4.98 Å². The lowest BCUT2D eigenvalue weighted by Crippen LogP contribution is -2.48. The minimum atomic E-state index is -0.0101. The summed E-state index contributed by atoms with van der Waals surface area (Å²) in [6.07, 6.45) is 7.80. The summed E-state index contributed by atoms with van der Waals surface area (Å²) in [4.78, 5) is 26.3. The number of carbonyl (C=O) groups is 1. The molecule has 0 bridgehead atoms. The van der Waals surface area contributed by atoms with Crippen molar-refractivity contribution in [3.8, 4) is 22.8 Å². The van der Waals surface area contributed by atoms with E-state index < -0.39 is 0 Å². The highest BCUT2D eigenvalue weighted by atomic mass is 32.2. The molecule has 1 aliphatic rings. The summed E-state index contributed by atoms with van der Waals surface area (Å²) in [5.74, 6) is 1.96. The van der Waals surface area contributed by atoms with Crippen LogP contribution in [0, 0.1) is 0 Å². The molecule has 1 aliphatic heterocycles. The summed E-state index contributed by atoms with van der Waals surface area (Å²) in [7, 11) is 1.65. The van der Waals surface area contributed by atoms with Crippen LogP contribution in [0.1, 0.15) is 21.1 Å². The van der Waals surface area contributed by atoms with E-state index >= 15 is 0 Å². The van der Waals surface area contributed by atoms with Crippen LogP contribution in [-0.2, 0) is 5.75 Å². The molecule has 0 atom stereocenters. The van der Waals surface area contributed by atoms with E-state index in [4.69, 9.17) is 9.72 Å². The number of methoxy groups -OCH3 is 1. The first-order chi connectivity index (χ1) is 21.2. The Bertz CT molecular complexity index is 1680. The van der Waals surface area contributed by atoms with Crippen molar-refractivity contribution < 1.29 is 9.53 Å². The third-order valence-corrected chi connectivity index (χ3v) is 9.10. The van der Waals surface area contributed by atoms with Gasteiger partial charge in [0, 0.05) is 56.1 Å². The van der Waals surface area contributed by atoms with Gasteiger partial charge in [0.15, 0.2) is 11.0 Å². The van der Waals surface area contributed by atoms with Crippen molar-refractivity contribution in [3.63, 3.8) is 0 Å². The molecule has 43 heavy (non-hydrogen) atoms. The lowest BCUT2D eigenvalue weighted by Gasteiger charge is -2.33. The van der Waals surface area contributed by atoms with Crippen LogP contribution in [0.15, 0.2) is 95.7 Å². The number of ether oxygens (including phenoxy) is 1. The second kappa shape index (κ2) is 13.8. The van der Waals surface area contributed by atoms with Gasteiger partial charge in [0.25, 0.3) is 5.91 Å². The van der Waals surface area contributed by atoms with Gasteiger partial charge in [-0.05, 0) is 29.8 Å². The summed E-state index contributed by atoms with van der Waals surface area (Å²) in [5, 5.41) is 12.4. The molecule has 0 aliphatic carbocycles. The molecule has 0 saturated carbocycles. The monoisotopic (exact) mass is 609 g/mol. The molecule has 11 heteroatoms. The number of rotatable bonds is 10. The Kier molecular flexibility index (Phi) is 9.22. The second-order valence-electron chi connectivity index (χ2n) is 9.87. The Morgan fingerprint density at radius 1 is 0.977 bits per heavy atom. The van der Waals surface area contributed by atoms with E-state index in [1.807, 2.05) is 69.4 Å². The Balaban J connectivity index is 1.09. The van der Waals surface area contributed by atoms with Crippen molar-refractivity contribution in [1.29, 1.82) is 0 Å². The van der Waals surface area contributed by atoms with Gasteiger partial charge in [0.2, 0.25) is 0 Å². The Labute approximate surface area is 258 Å². The van der Waals surface area contributed by atoms with Crippen molar-refractivity contribution in [2.75, 3.05) is 39.8 Å². The molecular weight excluding hydrogens is 579 g/mol. The number of hydrogen-bond donors (Lipinski definition) is 0. The van der Waals surface area contributed by atoms with E-state index in [0.29, 0.717) is 41.3 Å². The molecule has 4 heterocycles. The maximum Gasteiger partial charge on any atom is 0.273 e. The van der Waals surface area contributed by atoms with Crippen LogP contribution in [0.25, 0.3) is 23.2 Å². The SMILES string of the molecule is COc1ccccc1-n1c(SCc2nc(C(=O)N3CCN(C/C=C/c4ccccc4)CC3)cs2)nnc1-c1ccncc1. The van der Waals surface area contributed by atoms with Gasteiger partial charge in [-0.1, -0.05) is 66.4 Å². The molecule has 0 N–H and O–H groups in total. The van der Waals surface area contributed by atoms with Gasteiger partial charge in [-0.3, -0.25) is 19.2 Å². The molecule has 1 saturated heterocycles. The average molecular weight is 610 g/mol. The van der Waals surface area contributed by atoms with Gasteiger partial charge in [-0.2, -0.15) is 0 Å². The Morgan fingerprint density at radius 3 is 2.53 bits per heavy atom. The van der Waals surface area contributed by atoms with Gasteiger partial charge in [0.1, 0.15) is 16.5 Å². The minimum absolute atomic E-state index is 0.0101. The van der Waals surface area contributed by atoms with E-state index in [9.17, 15) is 4.79 Å². The Hall–Kier alpha value is -4.32. The van der Waals surface area contributed by atoms with Crippen molar-refractivity contribution in [2.24, 2.45) is 0 Å². The van der Waals surface area contributed by atoms with Crippen molar-refractivity contribution in [2.45, 2.75) is 10.9 Å². The van der Waals surface area contributed by atoms with Crippen LogP contribution < -0.4 is 4.74 Å². The van der Waals surface area contributed by atoms with E-state index in [0.717, 1.165) is 35.9 Å². The number of nitrogens with zero attached hydrogens (tertiary/aromatic N) is 7. The zero-order valence-corrected chi connectivity index (χ0v) is 25.4. The molecule has 0 spiro atoms. The van der Waals surface area contributed by atoms with Crippen molar-refractivity contribution in [1.82, 2.24) is 34.5 Å². The van der Waals surface area contributed by atoms with E-state index in [-0.39, 0.29) is 5.91 Å². The third-order valence-electron chi connectivity index (χ3n) is 7.13. The van der Waals surface area contributed by atoms with Crippen LogP contribution in [-0.4, -0.2) is 80.3 Å². The number of pyridine rings is 1. The number of aromatic nitrogens is 5. The first kappa shape index (κ1) is 28.8. The lowest BCUT2D eigenvalue weighted by molar-refractivity contribution is 0.0645. The van der Waals surface area contributed by atoms with Crippen LogP contribution >= 0.6 is 23.1 Å². The van der Waals surface area contributed by atoms with Gasteiger partial charge in [0.05, 0.1) is 18.6 Å². The van der Waals surface area contributed by atoms with Crippen LogP contribution in [0.3, 0.4) is 0 Å². The standard InChI is InChI=1S/C32H31N7O2S2/c1-41-28-12-6-5-11-27(28)39-30(25-13-15-33-16-14-25)35-36-32(39)43-23-29-34-26(22-42-29)31(40)38-20-18-37(19-21-38)17-7-10-24-8-3-2-4-9-24/h2-16,22H,17-21,23H2,1H3/b10-7+. The normalized spacial score (nSPS) is 13.9. The van der Waals surface area contributed by atoms with Crippen LogP contribution in [0.5, 0.6) is 5.75 Å². The number of thioether (sulfide) groups is 1. The third kappa shape index (κ3) is 6.85. The van der Waals surface area contributed by atoms with Crippen LogP contribution in [0.2, 0.25) is 0 Å². The van der Waals surface area contributed by atoms with Crippen molar-refractivity contribution >= 4 is 35.1 Å². The maximum absolute atomic E-state index is 13.2. The first-order valence-electron chi connectivity index (χ1n) is 14.0. The average Bonchev–Trinajstić information content (AvgIpc) is 3.72. The highest BCUT2D eigenvalue weighted by molar-refractivity contribution is 7.98. The quantitative estimate of drug-likeness (QED) is 0.190. The molecule has 5 aromatic rings. The second-order valence-corrected chi connectivity index (χ2v) is 11.8. The highest BCUT2D eigenvalue weighted by Crippen LogP contribution is 2.34. The van der Waals surface area contributed by atoms with Crippen LogP contribution in [0.4, 0.5) is 0 Å². The molecule has 6 rings (SSSR count). The minimum Gasteiger partial charge on any atom is -0.495 e. The lowest BCUT2D eigenvalue weighted by atomic mass is 10.2. The van der Waals surface area contributed by atoms with Gasteiger partial charge >= 0.3 is 0 Å². The van der Waals surface area contributed by atoms with Gasteiger partial charge < -0.3 is 9.64 Å². The predicted octanol–water partition coefficient (Wildman–Crippen LogP) is 5.56. The molecule has 2 aromatic carbocycles. The highest BCUT2D eigenvalue weighted by Gasteiger charge is 2.24. The van der Waals surface area contributed by atoms with E-state index in [1.54, 1.807) is 19.5 Å². The number of amides is 1. The summed E-state index contributed by atoms with van der Waals surface area (Å²) in [6.45, 7) is 3.95. The summed E-state index contributed by atoms with van der Waals surface area (Å²) < 4.78 is 7.65. The predicted molar refractivity (Wildman–Crippen MR) is 171 cm³/mol. The molecule has 0 unspecified atom stereocenters. The number of para-hydroxylation sites is 2. The number of benzene rings is 2. The smallest absolute Gasteiger partial charge is 0.273 e. The fourth-order valence-electron chi connectivity index (χ4n) is 4.88. The van der Waals surface area contributed by atoms with E-state index in [2.05, 4.69) is 44.4 Å². The fraction of sp³-hybridized carbons (Fsp3) is 0.219. The molecule has 3 aromatic heterocycles. The number of carbonyl (C=O) groups excluding carboxylic acids is 1. The molecule has 9 nitrogen and oxygen atoms in total. The fourth-order valence-corrected chi connectivity index (χ4v) is 6.61.